The van der Waals surface area contributed by atoms with Crippen LogP contribution in [-0.2, 0) is 0 Å². The van der Waals surface area contributed by atoms with Gasteiger partial charge in [0.2, 0.25) is 5.82 Å². The molecule has 1 saturated heterocycles. The molecule has 4 rings (SSSR count). The van der Waals surface area contributed by atoms with E-state index in [1.54, 1.807) is 16.0 Å². The molecule has 27 heavy (non-hydrogen) atoms. The van der Waals surface area contributed by atoms with Crippen molar-refractivity contribution in [2.75, 3.05) is 19.6 Å². The summed E-state index contributed by atoms with van der Waals surface area (Å²) in [7, 11) is 0. The molecule has 7 heteroatoms. The molecule has 0 aliphatic carbocycles. The minimum Gasteiger partial charge on any atom is -0.332 e. The third-order valence-corrected chi connectivity index (χ3v) is 5.72. The summed E-state index contributed by atoms with van der Waals surface area (Å²) in [6.07, 6.45) is 2.10. The molecule has 1 amide bonds. The van der Waals surface area contributed by atoms with Gasteiger partial charge in [-0.05, 0) is 49.9 Å². The largest absolute Gasteiger partial charge is 0.332 e. The highest BCUT2D eigenvalue weighted by Gasteiger charge is 2.28. The second-order valence-corrected chi connectivity index (χ2v) is 7.52. The number of piperidine rings is 1. The number of amides is 1. The number of nitrogens with zero attached hydrogens (tertiary/aromatic N) is 4. The van der Waals surface area contributed by atoms with Crippen LogP contribution in [0.25, 0.3) is 16.4 Å². The third-order valence-electron chi connectivity index (χ3n) is 4.85. The van der Waals surface area contributed by atoms with Gasteiger partial charge in [0.1, 0.15) is 0 Å². The first-order chi connectivity index (χ1) is 13.3. The molecule has 1 fully saturated rings. The summed E-state index contributed by atoms with van der Waals surface area (Å²) < 4.78 is 1.77. The standard InChI is InChI=1S/C20H23N5OS/c1-2-24(16-10-6-12-21-14-16)20(26)18-22-19(17-11-7-13-27-17)25(23-18)15-8-4-3-5-9-15/h3-5,7-9,11,13,16,21H,2,6,10,12,14H2,1H3. The molecule has 140 valence electrons. The molecule has 1 N–H and O–H groups in total. The van der Waals surface area contributed by atoms with Crippen molar-refractivity contribution in [1.82, 2.24) is 25.0 Å². The normalized spacial score (nSPS) is 17.0. The maximum absolute atomic E-state index is 13.2. The van der Waals surface area contributed by atoms with E-state index in [1.807, 2.05) is 59.7 Å². The van der Waals surface area contributed by atoms with E-state index in [-0.39, 0.29) is 17.8 Å². The average Bonchev–Trinajstić information content (AvgIpc) is 3.40. The monoisotopic (exact) mass is 381 g/mol. The Balaban J connectivity index is 1.71. The molecule has 3 aromatic rings. The Hall–Kier alpha value is -2.51. The first-order valence-electron chi connectivity index (χ1n) is 9.36. The van der Waals surface area contributed by atoms with Crippen molar-refractivity contribution in [1.29, 1.82) is 0 Å². The van der Waals surface area contributed by atoms with Crippen molar-refractivity contribution < 1.29 is 4.79 Å². The number of para-hydroxylation sites is 1. The minimum atomic E-state index is -0.0984. The van der Waals surface area contributed by atoms with Crippen molar-refractivity contribution in [2.24, 2.45) is 0 Å². The van der Waals surface area contributed by atoms with Gasteiger partial charge < -0.3 is 10.2 Å². The van der Waals surface area contributed by atoms with Crippen molar-refractivity contribution >= 4 is 17.2 Å². The maximum Gasteiger partial charge on any atom is 0.293 e. The number of hydrogen-bond acceptors (Lipinski definition) is 5. The van der Waals surface area contributed by atoms with E-state index in [0.29, 0.717) is 12.4 Å². The predicted molar refractivity (Wildman–Crippen MR) is 107 cm³/mol. The number of carbonyl (C=O) groups excluding carboxylic acids is 1. The Bertz CT molecular complexity index is 885. The minimum absolute atomic E-state index is 0.0984. The predicted octanol–water partition coefficient (Wildman–Crippen LogP) is 3.21. The molecule has 0 spiro atoms. The summed E-state index contributed by atoms with van der Waals surface area (Å²) in [6, 6.07) is 14.0. The molecule has 0 bridgehead atoms. The number of rotatable bonds is 5. The van der Waals surface area contributed by atoms with Crippen LogP contribution < -0.4 is 5.32 Å². The van der Waals surface area contributed by atoms with Crippen LogP contribution in [0, 0.1) is 0 Å². The Kier molecular flexibility index (Phi) is 5.31. The second kappa shape index (κ2) is 8.02. The second-order valence-electron chi connectivity index (χ2n) is 6.58. The fraction of sp³-hybridized carbons (Fsp3) is 0.350. The summed E-state index contributed by atoms with van der Waals surface area (Å²) in [5.41, 5.74) is 0.898. The smallest absolute Gasteiger partial charge is 0.293 e. The Morgan fingerprint density at radius 1 is 1.30 bits per heavy atom. The number of aromatic nitrogens is 3. The van der Waals surface area contributed by atoms with Gasteiger partial charge in [-0.2, -0.15) is 0 Å². The lowest BCUT2D eigenvalue weighted by Crippen LogP contribution is -2.48. The lowest BCUT2D eigenvalue weighted by molar-refractivity contribution is 0.0649. The third kappa shape index (κ3) is 3.65. The highest BCUT2D eigenvalue weighted by Crippen LogP contribution is 2.26. The molecule has 1 aromatic carbocycles. The maximum atomic E-state index is 13.2. The van der Waals surface area contributed by atoms with Gasteiger partial charge in [-0.3, -0.25) is 4.79 Å². The molecule has 0 radical (unpaired) electrons. The van der Waals surface area contributed by atoms with Gasteiger partial charge >= 0.3 is 0 Å². The highest BCUT2D eigenvalue weighted by atomic mass is 32.1. The average molecular weight is 382 g/mol. The van der Waals surface area contributed by atoms with Crippen LogP contribution in [0.3, 0.4) is 0 Å². The van der Waals surface area contributed by atoms with Gasteiger partial charge in [0, 0.05) is 19.1 Å². The van der Waals surface area contributed by atoms with Crippen LogP contribution in [0.15, 0.2) is 47.8 Å². The van der Waals surface area contributed by atoms with Crippen LogP contribution in [0.4, 0.5) is 0 Å². The molecular formula is C20H23N5OS. The number of hydrogen-bond donors (Lipinski definition) is 1. The number of thiophene rings is 1. The molecular weight excluding hydrogens is 358 g/mol. The Morgan fingerprint density at radius 2 is 2.15 bits per heavy atom. The van der Waals surface area contributed by atoms with E-state index < -0.39 is 0 Å². The quantitative estimate of drug-likeness (QED) is 0.737. The molecule has 6 nitrogen and oxygen atoms in total. The molecule has 0 saturated carbocycles. The molecule has 1 atom stereocenters. The summed E-state index contributed by atoms with van der Waals surface area (Å²) in [5, 5.41) is 9.99. The fourth-order valence-corrected chi connectivity index (χ4v) is 4.21. The first-order valence-corrected chi connectivity index (χ1v) is 10.2. The molecule has 1 aliphatic heterocycles. The Labute approximate surface area is 162 Å². The van der Waals surface area contributed by atoms with Crippen molar-refractivity contribution in [3.05, 3.63) is 53.7 Å². The van der Waals surface area contributed by atoms with Crippen LogP contribution in [0.2, 0.25) is 0 Å². The van der Waals surface area contributed by atoms with E-state index in [0.717, 1.165) is 36.5 Å². The highest BCUT2D eigenvalue weighted by molar-refractivity contribution is 7.13. The van der Waals surface area contributed by atoms with Gasteiger partial charge in [0.05, 0.1) is 10.6 Å². The zero-order valence-electron chi connectivity index (χ0n) is 15.3. The van der Waals surface area contributed by atoms with Crippen molar-refractivity contribution in [2.45, 2.75) is 25.8 Å². The van der Waals surface area contributed by atoms with Crippen molar-refractivity contribution in [3.63, 3.8) is 0 Å². The van der Waals surface area contributed by atoms with Crippen molar-refractivity contribution in [3.8, 4) is 16.4 Å². The van der Waals surface area contributed by atoms with Gasteiger partial charge in [-0.25, -0.2) is 9.67 Å². The summed E-state index contributed by atoms with van der Waals surface area (Å²) in [6.45, 7) is 4.52. The zero-order chi connectivity index (χ0) is 18.6. The molecule has 2 aromatic heterocycles. The zero-order valence-corrected chi connectivity index (χ0v) is 16.2. The number of carbonyl (C=O) groups is 1. The Morgan fingerprint density at radius 3 is 2.81 bits per heavy atom. The molecule has 1 aliphatic rings. The summed E-state index contributed by atoms with van der Waals surface area (Å²) >= 11 is 1.59. The van der Waals surface area contributed by atoms with Gasteiger partial charge in [-0.15, -0.1) is 16.4 Å². The van der Waals surface area contributed by atoms with E-state index in [1.165, 1.54) is 0 Å². The lowest BCUT2D eigenvalue weighted by atomic mass is 10.1. The summed E-state index contributed by atoms with van der Waals surface area (Å²) in [5.74, 6) is 0.866. The first kappa shape index (κ1) is 17.9. The van der Waals surface area contributed by atoms with Crippen LogP contribution in [-0.4, -0.2) is 51.2 Å². The van der Waals surface area contributed by atoms with Crippen LogP contribution in [0.1, 0.15) is 30.4 Å². The van der Waals surface area contributed by atoms with E-state index in [9.17, 15) is 4.79 Å². The molecule has 3 heterocycles. The number of likely N-dealkylation sites (N-methyl/N-ethyl adjacent to an activating group) is 1. The number of nitrogens with one attached hydrogen (secondary N) is 1. The topological polar surface area (TPSA) is 63.1 Å². The van der Waals surface area contributed by atoms with Gasteiger partial charge in [0.25, 0.3) is 5.91 Å². The van der Waals surface area contributed by atoms with Crippen LogP contribution in [0.5, 0.6) is 0 Å². The van der Waals surface area contributed by atoms with Crippen LogP contribution >= 0.6 is 11.3 Å². The van der Waals surface area contributed by atoms with E-state index in [2.05, 4.69) is 15.4 Å². The van der Waals surface area contributed by atoms with Gasteiger partial charge in [0.15, 0.2) is 5.82 Å². The van der Waals surface area contributed by atoms with E-state index >= 15 is 0 Å². The number of benzene rings is 1. The fourth-order valence-electron chi connectivity index (χ4n) is 3.51. The van der Waals surface area contributed by atoms with Gasteiger partial charge in [-0.1, -0.05) is 24.3 Å². The van der Waals surface area contributed by atoms with E-state index in [4.69, 9.17) is 0 Å². The molecule has 1 unspecified atom stereocenters. The summed E-state index contributed by atoms with van der Waals surface area (Å²) in [4.78, 5) is 20.7. The SMILES string of the molecule is CCN(C(=O)c1nc(-c2cccs2)n(-c2ccccc2)n1)C1CCCNC1. The lowest BCUT2D eigenvalue weighted by Gasteiger charge is -2.33.